The number of nitrogens with zero attached hydrogens (tertiary/aromatic N) is 2. The molecule has 1 aromatic carbocycles. The van der Waals surface area contributed by atoms with Gasteiger partial charge in [0.1, 0.15) is 0 Å². The molecule has 0 aliphatic carbocycles. The molecule has 0 spiro atoms. The summed E-state index contributed by atoms with van der Waals surface area (Å²) in [5, 5.41) is 15.7. The number of carbonyl (C=O) groups excluding carboxylic acids is 1. The summed E-state index contributed by atoms with van der Waals surface area (Å²) in [7, 11) is 0. The van der Waals surface area contributed by atoms with Gasteiger partial charge in [0, 0.05) is 10.4 Å². The van der Waals surface area contributed by atoms with Crippen molar-refractivity contribution >= 4 is 28.5 Å². The number of aromatic nitrogens is 2. The maximum Gasteiger partial charge on any atom is 1.00 e. The zero-order valence-electron chi connectivity index (χ0n) is 8.11. The molecule has 0 fully saturated rings. The van der Waals surface area contributed by atoms with Crippen LogP contribution in [0.3, 0.4) is 0 Å². The smallest absolute Gasteiger partial charge is 0.548 e. The molecule has 0 atom stereocenters. The van der Waals surface area contributed by atoms with E-state index in [1.165, 1.54) is 4.68 Å². The molecule has 0 bridgehead atoms. The second kappa shape index (κ2) is 4.99. The fraction of sp³-hybridized carbons (Fsp3) is 0.111. The van der Waals surface area contributed by atoms with Crippen molar-refractivity contribution in [3.63, 3.8) is 0 Å². The van der Waals surface area contributed by atoms with Crippen LogP contribution < -0.4 is 34.7 Å². The second-order valence-electron chi connectivity index (χ2n) is 2.88. The van der Waals surface area contributed by atoms with Crippen molar-refractivity contribution in [3.05, 3.63) is 29.4 Å². The van der Waals surface area contributed by atoms with E-state index in [-0.39, 0.29) is 36.1 Å². The summed E-state index contributed by atoms with van der Waals surface area (Å²) >= 11 is 5.77. The molecule has 0 N–H and O–H groups in total. The Morgan fingerprint density at radius 3 is 2.93 bits per heavy atom. The minimum atomic E-state index is -1.16. The summed E-state index contributed by atoms with van der Waals surface area (Å²) in [6, 6.07) is 5.15. The molecular weight excluding hydrogens is 227 g/mol. The molecule has 1 aromatic heterocycles. The molecule has 2 rings (SSSR count). The van der Waals surface area contributed by atoms with Gasteiger partial charge in [0.25, 0.3) is 0 Å². The molecule has 0 aliphatic heterocycles. The van der Waals surface area contributed by atoms with E-state index in [0.717, 1.165) is 10.9 Å². The van der Waals surface area contributed by atoms with Crippen LogP contribution in [0.15, 0.2) is 24.4 Å². The SMILES string of the molecule is O=C([O-])Cn1ncc2cc(Cl)ccc21.[Na+]. The first-order valence-electron chi connectivity index (χ1n) is 3.98. The molecule has 0 radical (unpaired) electrons. The van der Waals surface area contributed by atoms with E-state index in [2.05, 4.69) is 5.10 Å². The Morgan fingerprint density at radius 1 is 1.53 bits per heavy atom. The number of rotatable bonds is 2. The standard InChI is InChI=1S/C9H7ClN2O2.Na/c10-7-1-2-8-6(3-7)4-11-12(8)5-9(13)14;/h1-4H,5H2,(H,13,14);/q;+1/p-1. The fourth-order valence-corrected chi connectivity index (χ4v) is 1.49. The number of halogens is 1. The molecule has 0 saturated heterocycles. The van der Waals surface area contributed by atoms with Crippen LogP contribution in [0.5, 0.6) is 0 Å². The summed E-state index contributed by atoms with van der Waals surface area (Å²) in [6.07, 6.45) is 1.57. The van der Waals surface area contributed by atoms with Crippen LogP contribution in [0.1, 0.15) is 0 Å². The number of carboxylic acids is 1. The first-order chi connectivity index (χ1) is 6.66. The maximum atomic E-state index is 10.4. The maximum absolute atomic E-state index is 10.4. The molecule has 15 heavy (non-hydrogen) atoms. The zero-order chi connectivity index (χ0) is 10.1. The van der Waals surface area contributed by atoms with Gasteiger partial charge in [-0.1, -0.05) is 11.6 Å². The largest absolute Gasteiger partial charge is 1.00 e. The topological polar surface area (TPSA) is 57.9 Å². The van der Waals surface area contributed by atoms with Gasteiger partial charge in [-0.3, -0.25) is 4.68 Å². The Bertz CT molecular complexity index is 498. The second-order valence-corrected chi connectivity index (χ2v) is 3.31. The number of aliphatic carboxylic acids is 1. The van der Waals surface area contributed by atoms with Crippen LogP contribution in [0.25, 0.3) is 10.9 Å². The average Bonchev–Trinajstić information content (AvgIpc) is 2.47. The summed E-state index contributed by atoms with van der Waals surface area (Å²) in [6.45, 7) is -0.245. The number of carboxylic acid groups (broad SMARTS) is 1. The molecule has 4 nitrogen and oxygen atoms in total. The van der Waals surface area contributed by atoms with E-state index in [4.69, 9.17) is 11.6 Å². The minimum absolute atomic E-state index is 0. The van der Waals surface area contributed by atoms with Gasteiger partial charge < -0.3 is 9.90 Å². The molecule has 0 amide bonds. The van der Waals surface area contributed by atoms with E-state index in [1.54, 1.807) is 24.4 Å². The third-order valence-corrected chi connectivity index (χ3v) is 2.12. The Balaban J connectivity index is 0.00000112. The zero-order valence-corrected chi connectivity index (χ0v) is 10.9. The van der Waals surface area contributed by atoms with Crippen LogP contribution in [0.2, 0.25) is 5.02 Å². The predicted molar refractivity (Wildman–Crippen MR) is 49.8 cm³/mol. The van der Waals surface area contributed by atoms with Gasteiger partial charge in [-0.2, -0.15) is 5.10 Å². The predicted octanol–water partition coefficient (Wildman–Crippen LogP) is -2.56. The fourth-order valence-electron chi connectivity index (χ4n) is 1.31. The van der Waals surface area contributed by atoms with E-state index in [9.17, 15) is 9.90 Å². The van der Waals surface area contributed by atoms with Crippen molar-refractivity contribution in [2.45, 2.75) is 6.54 Å². The molecule has 72 valence electrons. The van der Waals surface area contributed by atoms with Gasteiger partial charge in [0.2, 0.25) is 0 Å². The van der Waals surface area contributed by atoms with E-state index in [0.29, 0.717) is 5.02 Å². The van der Waals surface area contributed by atoms with E-state index in [1.807, 2.05) is 0 Å². The van der Waals surface area contributed by atoms with Crippen molar-refractivity contribution in [2.75, 3.05) is 0 Å². The van der Waals surface area contributed by atoms with Crippen molar-refractivity contribution in [1.82, 2.24) is 9.78 Å². The van der Waals surface area contributed by atoms with Crippen LogP contribution in [0, 0.1) is 0 Å². The first kappa shape index (κ1) is 12.5. The van der Waals surface area contributed by atoms with Crippen molar-refractivity contribution in [1.29, 1.82) is 0 Å². The van der Waals surface area contributed by atoms with Crippen LogP contribution in [-0.4, -0.2) is 15.7 Å². The minimum Gasteiger partial charge on any atom is -0.548 e. The van der Waals surface area contributed by atoms with Gasteiger partial charge >= 0.3 is 29.6 Å². The van der Waals surface area contributed by atoms with Crippen molar-refractivity contribution < 1.29 is 39.5 Å². The van der Waals surface area contributed by atoms with E-state index >= 15 is 0 Å². The Hall–Kier alpha value is -0.550. The molecule has 6 heteroatoms. The Kier molecular flexibility index (Phi) is 4.16. The van der Waals surface area contributed by atoms with Crippen LogP contribution in [-0.2, 0) is 11.3 Å². The normalized spacial score (nSPS) is 9.93. The third kappa shape index (κ3) is 2.72. The molecule has 0 unspecified atom stereocenters. The number of hydrogen-bond donors (Lipinski definition) is 0. The Labute approximate surface area is 113 Å². The summed E-state index contributed by atoms with van der Waals surface area (Å²) in [4.78, 5) is 10.4. The van der Waals surface area contributed by atoms with Crippen LogP contribution in [0.4, 0.5) is 0 Å². The molecule has 0 aliphatic rings. The number of hydrogen-bond acceptors (Lipinski definition) is 3. The van der Waals surface area contributed by atoms with Gasteiger partial charge in [-0.05, 0) is 18.2 Å². The van der Waals surface area contributed by atoms with Gasteiger partial charge in [-0.25, -0.2) is 0 Å². The molecule has 0 saturated carbocycles. The van der Waals surface area contributed by atoms with Gasteiger partial charge in [0.05, 0.1) is 24.2 Å². The molecule has 1 heterocycles. The third-order valence-electron chi connectivity index (χ3n) is 1.88. The average molecular weight is 233 g/mol. The summed E-state index contributed by atoms with van der Waals surface area (Å²) in [5.41, 5.74) is 0.735. The monoisotopic (exact) mass is 232 g/mol. The quantitative estimate of drug-likeness (QED) is 0.536. The number of carbonyl (C=O) groups is 1. The first-order valence-corrected chi connectivity index (χ1v) is 4.35. The van der Waals surface area contributed by atoms with Gasteiger partial charge in [-0.15, -0.1) is 0 Å². The molecule has 2 aromatic rings. The van der Waals surface area contributed by atoms with Crippen molar-refractivity contribution in [3.8, 4) is 0 Å². The summed E-state index contributed by atoms with van der Waals surface area (Å²) < 4.78 is 1.36. The van der Waals surface area contributed by atoms with Crippen molar-refractivity contribution in [2.24, 2.45) is 0 Å². The molecular formula is C9H6ClN2NaO2. The van der Waals surface area contributed by atoms with Gasteiger partial charge in [0.15, 0.2) is 0 Å². The number of benzene rings is 1. The van der Waals surface area contributed by atoms with Crippen LogP contribution >= 0.6 is 11.6 Å². The van der Waals surface area contributed by atoms with E-state index < -0.39 is 5.97 Å². The number of fused-ring (bicyclic) bond motifs is 1. The summed E-state index contributed by atoms with van der Waals surface area (Å²) in [5.74, 6) is -1.16. The Morgan fingerprint density at radius 2 is 2.27 bits per heavy atom.